The van der Waals surface area contributed by atoms with Crippen molar-refractivity contribution in [1.29, 1.82) is 0 Å². The summed E-state index contributed by atoms with van der Waals surface area (Å²) in [5.74, 6) is 0.682. The lowest BCUT2D eigenvalue weighted by Gasteiger charge is -2.35. The van der Waals surface area contributed by atoms with E-state index in [9.17, 15) is 9.18 Å². The number of amides is 1. The van der Waals surface area contributed by atoms with Gasteiger partial charge in [-0.05, 0) is 61.3 Å². The van der Waals surface area contributed by atoms with Crippen LogP contribution in [-0.2, 0) is 4.74 Å². The first-order chi connectivity index (χ1) is 15.7. The number of pyridine rings is 2. The number of hydrogen-bond donors (Lipinski definition) is 1. The number of carbonyl (C=O) groups is 1. The van der Waals surface area contributed by atoms with Gasteiger partial charge in [0.2, 0.25) is 0 Å². The van der Waals surface area contributed by atoms with Crippen molar-refractivity contribution in [3.63, 3.8) is 0 Å². The Hall–Kier alpha value is -3.08. The predicted octanol–water partition coefficient (Wildman–Crippen LogP) is 4.26. The van der Waals surface area contributed by atoms with Gasteiger partial charge in [-0.25, -0.2) is 29.1 Å². The summed E-state index contributed by atoms with van der Waals surface area (Å²) in [6, 6.07) is 5.34. The predicted molar refractivity (Wildman–Crippen MR) is 125 cm³/mol. The monoisotopic (exact) mass is 515 g/mol. The molecule has 5 heterocycles. The fourth-order valence-electron chi connectivity index (χ4n) is 4.29. The van der Waals surface area contributed by atoms with Gasteiger partial charge in [-0.2, -0.15) is 0 Å². The Morgan fingerprint density at radius 1 is 1.18 bits per heavy atom. The first-order valence-corrected chi connectivity index (χ1v) is 11.4. The molecule has 2 aliphatic heterocycles. The molecule has 11 heteroatoms. The third kappa shape index (κ3) is 4.29. The van der Waals surface area contributed by atoms with Gasteiger partial charge in [-0.3, -0.25) is 0 Å². The molecule has 5 rings (SSSR count). The molecule has 2 fully saturated rings. The van der Waals surface area contributed by atoms with Gasteiger partial charge in [0.25, 0.3) is 0 Å². The number of piperazine rings is 1. The second-order valence-corrected chi connectivity index (χ2v) is 10.1. The molecular formula is C22H23BrFN7O2. The molecule has 2 atom stereocenters. The van der Waals surface area contributed by atoms with Crippen LogP contribution >= 0.6 is 15.9 Å². The van der Waals surface area contributed by atoms with Crippen LogP contribution in [0.3, 0.4) is 0 Å². The van der Waals surface area contributed by atoms with Crippen LogP contribution in [0.1, 0.15) is 27.2 Å². The number of aromatic nitrogens is 4. The van der Waals surface area contributed by atoms with Crippen molar-refractivity contribution in [3.05, 3.63) is 41.0 Å². The Morgan fingerprint density at radius 3 is 2.70 bits per heavy atom. The fraction of sp³-hybridized carbons (Fsp3) is 0.409. The molecular weight excluding hydrogens is 493 g/mol. The Kier molecular flexibility index (Phi) is 5.31. The van der Waals surface area contributed by atoms with Crippen LogP contribution in [0.4, 0.5) is 26.6 Å². The third-order valence-electron chi connectivity index (χ3n) is 5.67. The summed E-state index contributed by atoms with van der Waals surface area (Å²) in [7, 11) is 0. The molecule has 2 saturated heterocycles. The van der Waals surface area contributed by atoms with E-state index in [0.29, 0.717) is 34.4 Å². The highest BCUT2D eigenvalue weighted by Gasteiger charge is 2.47. The molecule has 3 aromatic heterocycles. The van der Waals surface area contributed by atoms with Gasteiger partial charge in [-0.15, -0.1) is 0 Å². The van der Waals surface area contributed by atoms with E-state index >= 15 is 0 Å². The molecule has 0 spiro atoms. The quantitative estimate of drug-likeness (QED) is 0.552. The van der Waals surface area contributed by atoms with Crippen molar-refractivity contribution in [1.82, 2.24) is 24.8 Å². The minimum atomic E-state index is -0.523. The highest BCUT2D eigenvalue weighted by molar-refractivity contribution is 9.10. The molecule has 0 unspecified atom stereocenters. The number of carbonyl (C=O) groups excluding carboxylic acids is 1. The largest absolute Gasteiger partial charge is 0.444 e. The number of hydrogen-bond acceptors (Lipinski definition) is 8. The maximum absolute atomic E-state index is 14.3. The molecule has 1 amide bonds. The SMILES string of the molecule is CC(C)(C)OC(=O)N1C[C@@H]2C[C@H]1CN2c1ccc2ncnc(Nc3ncc(Br)cc3F)c2n1. The van der Waals surface area contributed by atoms with Crippen LogP contribution in [-0.4, -0.2) is 61.7 Å². The van der Waals surface area contributed by atoms with E-state index < -0.39 is 11.4 Å². The zero-order valence-electron chi connectivity index (χ0n) is 18.4. The number of ether oxygens (including phenoxy) is 1. The number of likely N-dealkylation sites (tertiary alicyclic amines) is 1. The lowest BCUT2D eigenvalue weighted by atomic mass is 10.2. The minimum absolute atomic E-state index is 0.0543. The second-order valence-electron chi connectivity index (χ2n) is 9.20. The van der Waals surface area contributed by atoms with E-state index in [1.54, 1.807) is 0 Å². The van der Waals surface area contributed by atoms with Crippen molar-refractivity contribution in [2.24, 2.45) is 0 Å². The second kappa shape index (κ2) is 8.05. The van der Waals surface area contributed by atoms with Gasteiger partial charge in [0.05, 0.1) is 17.6 Å². The Morgan fingerprint density at radius 2 is 2.00 bits per heavy atom. The average molecular weight is 516 g/mol. The fourth-order valence-corrected chi connectivity index (χ4v) is 4.60. The Balaban J connectivity index is 1.39. The zero-order valence-corrected chi connectivity index (χ0v) is 20.0. The summed E-state index contributed by atoms with van der Waals surface area (Å²) in [5.41, 5.74) is 0.629. The smallest absolute Gasteiger partial charge is 0.410 e. The first-order valence-electron chi connectivity index (χ1n) is 10.6. The maximum Gasteiger partial charge on any atom is 0.410 e. The van der Waals surface area contributed by atoms with Crippen molar-refractivity contribution in [3.8, 4) is 0 Å². The van der Waals surface area contributed by atoms with E-state index in [2.05, 4.69) is 41.1 Å². The average Bonchev–Trinajstić information content (AvgIpc) is 3.36. The summed E-state index contributed by atoms with van der Waals surface area (Å²) < 4.78 is 20.4. The number of anilines is 3. The molecule has 0 radical (unpaired) electrons. The minimum Gasteiger partial charge on any atom is -0.444 e. The van der Waals surface area contributed by atoms with Crippen LogP contribution < -0.4 is 10.2 Å². The van der Waals surface area contributed by atoms with Gasteiger partial charge in [-0.1, -0.05) is 0 Å². The molecule has 33 heavy (non-hydrogen) atoms. The highest BCUT2D eigenvalue weighted by atomic mass is 79.9. The van der Waals surface area contributed by atoms with Crippen LogP contribution in [0.2, 0.25) is 0 Å². The van der Waals surface area contributed by atoms with Crippen molar-refractivity contribution in [2.45, 2.75) is 44.9 Å². The van der Waals surface area contributed by atoms with E-state index in [1.165, 1.54) is 18.6 Å². The van der Waals surface area contributed by atoms with Crippen molar-refractivity contribution < 1.29 is 13.9 Å². The van der Waals surface area contributed by atoms with Gasteiger partial charge < -0.3 is 19.9 Å². The molecule has 9 nitrogen and oxygen atoms in total. The Labute approximate surface area is 198 Å². The van der Waals surface area contributed by atoms with Crippen molar-refractivity contribution in [2.75, 3.05) is 23.3 Å². The number of fused-ring (bicyclic) bond motifs is 3. The van der Waals surface area contributed by atoms with Crippen LogP contribution in [0.25, 0.3) is 11.0 Å². The van der Waals surface area contributed by atoms with Crippen molar-refractivity contribution >= 4 is 50.5 Å². The van der Waals surface area contributed by atoms with Gasteiger partial charge >= 0.3 is 6.09 Å². The number of rotatable bonds is 3. The molecule has 2 bridgehead atoms. The third-order valence-corrected chi connectivity index (χ3v) is 6.11. The van der Waals surface area contributed by atoms with E-state index in [4.69, 9.17) is 9.72 Å². The van der Waals surface area contributed by atoms with Crippen LogP contribution in [0.5, 0.6) is 0 Å². The highest BCUT2D eigenvalue weighted by Crippen LogP contribution is 2.35. The van der Waals surface area contributed by atoms with Gasteiger partial charge in [0, 0.05) is 23.8 Å². The summed E-state index contributed by atoms with van der Waals surface area (Å²) in [6.07, 6.45) is 3.50. The molecule has 2 aliphatic rings. The number of nitrogens with one attached hydrogen (secondary N) is 1. The standard InChI is InChI=1S/C22H23BrFN7O2/c1-22(2,3)33-21(32)31-10-13-7-14(31)9-30(13)17-5-4-16-18(28-17)20(27-11-26-16)29-19-15(24)6-12(23)8-25-19/h4-6,8,11,13-14H,7,9-10H2,1-3H3,(H,25,26,27,29)/t13-,14-/m0/s1. The maximum atomic E-state index is 14.3. The molecule has 0 saturated carbocycles. The zero-order chi connectivity index (χ0) is 23.3. The molecule has 0 aliphatic carbocycles. The number of halogens is 2. The van der Waals surface area contributed by atoms with E-state index in [1.807, 2.05) is 37.8 Å². The molecule has 1 N–H and O–H groups in total. The summed E-state index contributed by atoms with van der Waals surface area (Å²) in [4.78, 5) is 34.0. The van der Waals surface area contributed by atoms with E-state index in [-0.39, 0.29) is 24.0 Å². The van der Waals surface area contributed by atoms with E-state index in [0.717, 1.165) is 12.2 Å². The summed E-state index contributed by atoms with van der Waals surface area (Å²) >= 11 is 3.21. The molecule has 3 aromatic rings. The van der Waals surface area contributed by atoms with Crippen LogP contribution in [0.15, 0.2) is 35.2 Å². The summed E-state index contributed by atoms with van der Waals surface area (Å²) in [6.45, 7) is 6.86. The van der Waals surface area contributed by atoms with Crippen LogP contribution in [0, 0.1) is 5.82 Å². The number of nitrogens with zero attached hydrogens (tertiary/aromatic N) is 6. The lowest BCUT2D eigenvalue weighted by molar-refractivity contribution is 0.0214. The topological polar surface area (TPSA) is 96.4 Å². The normalized spacial score (nSPS) is 19.9. The Bertz CT molecular complexity index is 1240. The molecule has 172 valence electrons. The lowest BCUT2D eigenvalue weighted by Crippen LogP contribution is -2.50. The molecule has 0 aromatic carbocycles. The first kappa shape index (κ1) is 21.7. The van der Waals surface area contributed by atoms with Gasteiger partial charge in [0.15, 0.2) is 17.5 Å². The summed E-state index contributed by atoms with van der Waals surface area (Å²) in [5, 5.41) is 2.93. The van der Waals surface area contributed by atoms with Gasteiger partial charge in [0.1, 0.15) is 23.3 Å².